The molecule has 1 unspecified atom stereocenters. The summed E-state index contributed by atoms with van der Waals surface area (Å²) in [5.74, 6) is 0.862. The first-order valence-corrected chi connectivity index (χ1v) is 7.90. The van der Waals surface area contributed by atoms with Crippen molar-refractivity contribution >= 4 is 29.1 Å². The standard InChI is InChI=1S/C15H18Cl2N2O2/c1-21-14-11(16)6-10(7-12(14)17)15(20)18-13-8-19-4-2-9(13)3-5-19/h6-7,9,13H,2-5,8H2,1H3,(H,18,20). The molecular formula is C15H18Cl2N2O2. The van der Waals surface area contributed by atoms with E-state index in [1.165, 1.54) is 7.11 Å². The maximum absolute atomic E-state index is 12.4. The molecule has 4 rings (SSSR count). The Labute approximate surface area is 134 Å². The summed E-state index contributed by atoms with van der Waals surface area (Å²) in [6.07, 6.45) is 2.32. The average Bonchev–Trinajstić information content (AvgIpc) is 2.48. The molecule has 1 amide bonds. The quantitative estimate of drug-likeness (QED) is 0.927. The SMILES string of the molecule is COc1c(Cl)cc(C(=O)NC2CN3CCC2CC3)cc1Cl. The largest absolute Gasteiger partial charge is 0.494 e. The highest BCUT2D eigenvalue weighted by Gasteiger charge is 2.35. The Balaban J connectivity index is 1.74. The van der Waals surface area contributed by atoms with Gasteiger partial charge in [-0.25, -0.2) is 0 Å². The lowest BCUT2D eigenvalue weighted by Gasteiger charge is -2.44. The number of piperidine rings is 3. The summed E-state index contributed by atoms with van der Waals surface area (Å²) in [7, 11) is 1.50. The van der Waals surface area contributed by atoms with E-state index >= 15 is 0 Å². The van der Waals surface area contributed by atoms with Gasteiger partial charge in [-0.1, -0.05) is 23.2 Å². The monoisotopic (exact) mass is 328 g/mol. The Bertz CT molecular complexity index is 534. The van der Waals surface area contributed by atoms with Gasteiger partial charge >= 0.3 is 0 Å². The predicted octanol–water partition coefficient (Wildman–Crippen LogP) is 2.83. The minimum atomic E-state index is -0.125. The third kappa shape index (κ3) is 2.98. The normalized spacial score (nSPS) is 27.5. The highest BCUT2D eigenvalue weighted by atomic mass is 35.5. The van der Waals surface area contributed by atoms with Gasteiger partial charge in [-0.05, 0) is 44.0 Å². The smallest absolute Gasteiger partial charge is 0.251 e. The van der Waals surface area contributed by atoms with Gasteiger partial charge in [0.1, 0.15) is 0 Å². The number of rotatable bonds is 3. The van der Waals surface area contributed by atoms with Crippen molar-refractivity contribution < 1.29 is 9.53 Å². The van der Waals surface area contributed by atoms with Crippen LogP contribution in [0.1, 0.15) is 23.2 Å². The second-order valence-electron chi connectivity index (χ2n) is 5.69. The van der Waals surface area contributed by atoms with Gasteiger partial charge in [-0.2, -0.15) is 0 Å². The molecule has 2 bridgehead atoms. The van der Waals surface area contributed by atoms with Crippen LogP contribution in [0.3, 0.4) is 0 Å². The van der Waals surface area contributed by atoms with E-state index in [4.69, 9.17) is 27.9 Å². The van der Waals surface area contributed by atoms with Gasteiger partial charge in [-0.3, -0.25) is 4.79 Å². The number of ether oxygens (including phenoxy) is 1. The zero-order valence-corrected chi connectivity index (χ0v) is 13.4. The summed E-state index contributed by atoms with van der Waals surface area (Å²) in [5.41, 5.74) is 0.474. The van der Waals surface area contributed by atoms with E-state index in [2.05, 4.69) is 10.2 Å². The van der Waals surface area contributed by atoms with Crippen LogP contribution >= 0.6 is 23.2 Å². The number of carbonyl (C=O) groups excluding carboxylic acids is 1. The van der Waals surface area contributed by atoms with Gasteiger partial charge in [0.25, 0.3) is 5.91 Å². The molecule has 3 aliphatic rings. The summed E-state index contributed by atoms with van der Waals surface area (Å²) in [4.78, 5) is 14.8. The number of hydrogen-bond donors (Lipinski definition) is 1. The van der Waals surface area contributed by atoms with Crippen molar-refractivity contribution in [3.8, 4) is 5.75 Å². The molecule has 3 aliphatic heterocycles. The van der Waals surface area contributed by atoms with E-state index in [9.17, 15) is 4.79 Å². The molecule has 1 atom stereocenters. The number of nitrogens with one attached hydrogen (secondary N) is 1. The molecule has 1 aromatic rings. The van der Waals surface area contributed by atoms with Crippen molar-refractivity contribution in [2.75, 3.05) is 26.7 Å². The molecule has 0 aromatic heterocycles. The van der Waals surface area contributed by atoms with Crippen LogP contribution in [0.5, 0.6) is 5.75 Å². The van der Waals surface area contributed by atoms with Crippen LogP contribution in [0.15, 0.2) is 12.1 Å². The predicted molar refractivity (Wildman–Crippen MR) is 83.4 cm³/mol. The molecule has 0 spiro atoms. The van der Waals surface area contributed by atoms with Crippen LogP contribution in [0.25, 0.3) is 0 Å². The zero-order valence-electron chi connectivity index (χ0n) is 11.9. The lowest BCUT2D eigenvalue weighted by molar-refractivity contribution is 0.0620. The van der Waals surface area contributed by atoms with Crippen molar-refractivity contribution in [1.82, 2.24) is 10.2 Å². The molecule has 0 saturated carbocycles. The molecule has 3 fully saturated rings. The van der Waals surface area contributed by atoms with Crippen molar-refractivity contribution in [3.63, 3.8) is 0 Å². The van der Waals surface area contributed by atoms with Crippen LogP contribution in [0.2, 0.25) is 10.0 Å². The lowest BCUT2D eigenvalue weighted by Crippen LogP contribution is -2.57. The molecule has 0 aliphatic carbocycles. The van der Waals surface area contributed by atoms with Gasteiger partial charge in [0.05, 0.1) is 17.2 Å². The van der Waals surface area contributed by atoms with Crippen molar-refractivity contribution in [2.24, 2.45) is 5.92 Å². The molecule has 6 heteroatoms. The first-order chi connectivity index (χ1) is 10.1. The third-order valence-corrected chi connectivity index (χ3v) is 5.00. The van der Waals surface area contributed by atoms with Gasteiger partial charge < -0.3 is 15.0 Å². The Kier molecular flexibility index (Phi) is 4.29. The highest BCUT2D eigenvalue weighted by Crippen LogP contribution is 2.34. The Morgan fingerprint density at radius 1 is 1.29 bits per heavy atom. The first kappa shape index (κ1) is 14.9. The number of fused-ring (bicyclic) bond motifs is 3. The fourth-order valence-electron chi connectivity index (χ4n) is 3.27. The number of halogens is 2. The molecule has 21 heavy (non-hydrogen) atoms. The van der Waals surface area contributed by atoms with Gasteiger partial charge in [0.2, 0.25) is 0 Å². The fourth-order valence-corrected chi connectivity index (χ4v) is 3.91. The summed E-state index contributed by atoms with van der Waals surface area (Å²) >= 11 is 12.2. The fraction of sp³-hybridized carbons (Fsp3) is 0.533. The van der Waals surface area contributed by atoms with Crippen LogP contribution < -0.4 is 10.1 Å². The number of benzene rings is 1. The Hall–Kier alpha value is -0.970. The van der Waals surface area contributed by atoms with Crippen molar-refractivity contribution in [1.29, 1.82) is 0 Å². The minimum absolute atomic E-state index is 0.125. The molecular weight excluding hydrogens is 311 g/mol. The van der Waals surface area contributed by atoms with Crippen LogP contribution in [0, 0.1) is 5.92 Å². The molecule has 4 nitrogen and oxygen atoms in total. The molecule has 1 aromatic carbocycles. The topological polar surface area (TPSA) is 41.6 Å². The van der Waals surface area contributed by atoms with E-state index in [0.29, 0.717) is 27.3 Å². The van der Waals surface area contributed by atoms with E-state index < -0.39 is 0 Å². The number of amides is 1. The van der Waals surface area contributed by atoms with Crippen LogP contribution in [0.4, 0.5) is 0 Å². The van der Waals surface area contributed by atoms with E-state index in [1.54, 1.807) is 12.1 Å². The first-order valence-electron chi connectivity index (χ1n) is 7.14. The lowest BCUT2D eigenvalue weighted by atomic mass is 9.84. The van der Waals surface area contributed by atoms with E-state index in [1.807, 2.05) is 0 Å². The molecule has 3 saturated heterocycles. The van der Waals surface area contributed by atoms with Crippen LogP contribution in [-0.4, -0.2) is 43.6 Å². The van der Waals surface area contributed by atoms with Crippen molar-refractivity contribution in [3.05, 3.63) is 27.7 Å². The average molecular weight is 329 g/mol. The van der Waals surface area contributed by atoms with Gasteiger partial charge in [-0.15, -0.1) is 0 Å². The summed E-state index contributed by atoms with van der Waals surface area (Å²) in [5, 5.41) is 3.82. The minimum Gasteiger partial charge on any atom is -0.494 e. The number of nitrogens with zero attached hydrogens (tertiary/aromatic N) is 1. The second-order valence-corrected chi connectivity index (χ2v) is 6.51. The van der Waals surface area contributed by atoms with Gasteiger partial charge in [0.15, 0.2) is 5.75 Å². The molecule has 0 radical (unpaired) electrons. The van der Waals surface area contributed by atoms with Gasteiger partial charge in [0, 0.05) is 18.2 Å². The highest BCUT2D eigenvalue weighted by molar-refractivity contribution is 6.37. The number of carbonyl (C=O) groups is 1. The Morgan fingerprint density at radius 3 is 2.38 bits per heavy atom. The number of methoxy groups -OCH3 is 1. The number of hydrogen-bond acceptors (Lipinski definition) is 3. The van der Waals surface area contributed by atoms with Crippen molar-refractivity contribution in [2.45, 2.75) is 18.9 Å². The molecule has 3 heterocycles. The summed E-state index contributed by atoms with van der Waals surface area (Å²) in [6.45, 7) is 3.24. The van der Waals surface area contributed by atoms with E-state index in [0.717, 1.165) is 32.5 Å². The second kappa shape index (κ2) is 6.03. The molecule has 1 N–H and O–H groups in total. The van der Waals surface area contributed by atoms with Crippen LogP contribution in [-0.2, 0) is 0 Å². The zero-order chi connectivity index (χ0) is 15.0. The molecule has 114 valence electrons. The van der Waals surface area contributed by atoms with E-state index in [-0.39, 0.29) is 11.9 Å². The summed E-state index contributed by atoms with van der Waals surface area (Å²) in [6, 6.07) is 3.42. The Morgan fingerprint density at radius 2 is 1.90 bits per heavy atom. The third-order valence-electron chi connectivity index (χ3n) is 4.44. The summed E-state index contributed by atoms with van der Waals surface area (Å²) < 4.78 is 5.10. The maximum atomic E-state index is 12.4. The maximum Gasteiger partial charge on any atom is 0.251 e.